The highest BCUT2D eigenvalue weighted by Crippen LogP contribution is 2.32. The highest BCUT2D eigenvalue weighted by atomic mass is 32.2. The second-order valence-electron chi connectivity index (χ2n) is 7.65. The van der Waals surface area contributed by atoms with Crippen LogP contribution >= 0.6 is 0 Å². The molecule has 3 rings (SSSR count). The second-order valence-corrected chi connectivity index (χ2v) is 11.3. The van der Waals surface area contributed by atoms with Gasteiger partial charge in [-0.1, -0.05) is 0 Å². The molecule has 0 radical (unpaired) electrons. The fraction of sp³-hybridized carbons (Fsp3) is 0.350. The van der Waals surface area contributed by atoms with Crippen molar-refractivity contribution < 1.29 is 34.8 Å². The zero-order valence-electron chi connectivity index (χ0n) is 18.3. The van der Waals surface area contributed by atoms with E-state index in [1.165, 1.54) is 24.1 Å². The Morgan fingerprint density at radius 1 is 0.941 bits per heavy atom. The van der Waals surface area contributed by atoms with E-state index >= 15 is 0 Å². The van der Waals surface area contributed by atoms with Gasteiger partial charge in [-0.05, 0) is 49.5 Å². The summed E-state index contributed by atoms with van der Waals surface area (Å²) in [4.78, 5) is 16.3. The van der Waals surface area contributed by atoms with Crippen LogP contribution in [0.4, 0.5) is 24.5 Å². The third-order valence-electron chi connectivity index (χ3n) is 5.16. The number of benzene rings is 2. The molecule has 0 spiro atoms. The van der Waals surface area contributed by atoms with Crippen LogP contribution in [0.1, 0.15) is 15.9 Å². The van der Waals surface area contributed by atoms with Crippen molar-refractivity contribution >= 4 is 37.3 Å². The molecule has 0 saturated carbocycles. The Kier molecular flexibility index (Phi) is 7.15. The number of carbonyl (C=O) groups excluding carboxylic acids is 1. The average molecular weight is 521 g/mol. The molecular formula is C20H23F3N4O5S2. The minimum atomic E-state index is -4.77. The maximum Gasteiger partial charge on any atom is 0.416 e. The summed E-state index contributed by atoms with van der Waals surface area (Å²) < 4.78 is 90.8. The van der Waals surface area contributed by atoms with Crippen molar-refractivity contribution in [3.8, 4) is 0 Å². The number of piperazine rings is 1. The molecule has 9 nitrogen and oxygen atoms in total. The Bertz CT molecular complexity index is 1270. The highest BCUT2D eigenvalue weighted by molar-refractivity contribution is 7.92. The van der Waals surface area contributed by atoms with Crippen molar-refractivity contribution in [3.05, 3.63) is 53.6 Å². The molecule has 1 aliphatic heterocycles. The van der Waals surface area contributed by atoms with E-state index in [2.05, 4.69) is 4.72 Å². The lowest BCUT2D eigenvalue weighted by molar-refractivity contribution is -0.137. The van der Waals surface area contributed by atoms with Gasteiger partial charge >= 0.3 is 6.18 Å². The van der Waals surface area contributed by atoms with Gasteiger partial charge in [-0.2, -0.15) is 13.2 Å². The number of carbonyl (C=O) groups is 1. The number of nitrogens with zero attached hydrogens (tertiary/aromatic N) is 2. The van der Waals surface area contributed by atoms with Crippen LogP contribution in [0, 0.1) is 0 Å². The Hall–Kier alpha value is -2.84. The van der Waals surface area contributed by atoms with E-state index in [-0.39, 0.29) is 29.2 Å². The predicted octanol–water partition coefficient (Wildman–Crippen LogP) is 1.95. The van der Waals surface area contributed by atoms with E-state index in [0.29, 0.717) is 25.2 Å². The number of amides is 1. The molecule has 1 heterocycles. The molecular weight excluding hydrogens is 497 g/mol. The average Bonchev–Trinajstić information content (AvgIpc) is 2.77. The molecule has 0 atom stereocenters. The molecule has 2 N–H and O–H groups in total. The van der Waals surface area contributed by atoms with E-state index < -0.39 is 37.7 Å². The summed E-state index contributed by atoms with van der Waals surface area (Å²) in [6, 6.07) is 8.59. The standard InChI is InChI=1S/C20H23F3N4O5S2/c1-24-34(31,32)18-5-3-17(4-6-18)26-7-9-27(10-8-26)19(28)14-11-15(20(21,22)23)13-16(12-14)25-33(2,29)30/h3-6,11-13,24-25H,7-10H2,1-2H3. The summed E-state index contributed by atoms with van der Waals surface area (Å²) >= 11 is 0. The van der Waals surface area contributed by atoms with Gasteiger partial charge < -0.3 is 9.80 Å². The summed E-state index contributed by atoms with van der Waals surface area (Å²) in [6.07, 6.45) is -3.97. The summed E-state index contributed by atoms with van der Waals surface area (Å²) in [5, 5.41) is 0. The number of halogens is 3. The minimum absolute atomic E-state index is 0.107. The molecule has 0 bridgehead atoms. The Balaban J connectivity index is 1.75. The normalized spacial score (nSPS) is 15.3. The van der Waals surface area contributed by atoms with E-state index in [0.717, 1.165) is 18.0 Å². The summed E-state index contributed by atoms with van der Waals surface area (Å²) in [5.41, 5.74) is -1.03. The Labute approximate surface area is 195 Å². The third kappa shape index (κ3) is 6.18. The van der Waals surface area contributed by atoms with E-state index in [4.69, 9.17) is 0 Å². The predicted molar refractivity (Wildman–Crippen MR) is 121 cm³/mol. The third-order valence-corrected chi connectivity index (χ3v) is 7.20. The van der Waals surface area contributed by atoms with Crippen molar-refractivity contribution in [1.82, 2.24) is 9.62 Å². The van der Waals surface area contributed by atoms with Crippen LogP contribution in [0.25, 0.3) is 0 Å². The lowest BCUT2D eigenvalue weighted by atomic mass is 10.1. The van der Waals surface area contributed by atoms with Crippen molar-refractivity contribution in [1.29, 1.82) is 0 Å². The smallest absolute Gasteiger partial charge is 0.368 e. The van der Waals surface area contributed by atoms with Crippen LogP contribution in [0.15, 0.2) is 47.4 Å². The maximum atomic E-state index is 13.3. The van der Waals surface area contributed by atoms with Crippen LogP contribution < -0.4 is 14.3 Å². The summed E-state index contributed by atoms with van der Waals surface area (Å²) in [5.74, 6) is -0.655. The van der Waals surface area contributed by atoms with Crippen molar-refractivity contribution in [2.75, 3.05) is 49.1 Å². The highest BCUT2D eigenvalue weighted by Gasteiger charge is 2.33. The quantitative estimate of drug-likeness (QED) is 0.602. The fourth-order valence-corrected chi connectivity index (χ4v) is 4.77. The molecule has 1 aliphatic rings. The number of rotatable bonds is 6. The van der Waals surface area contributed by atoms with E-state index in [1.54, 1.807) is 12.1 Å². The monoisotopic (exact) mass is 520 g/mol. The second kappa shape index (κ2) is 9.43. The van der Waals surface area contributed by atoms with Gasteiger partial charge in [0.15, 0.2) is 0 Å². The number of sulfonamides is 2. The molecule has 14 heteroatoms. The molecule has 186 valence electrons. The van der Waals surface area contributed by atoms with Crippen LogP contribution in [0.2, 0.25) is 0 Å². The first-order chi connectivity index (χ1) is 15.7. The largest absolute Gasteiger partial charge is 0.416 e. The zero-order valence-corrected chi connectivity index (χ0v) is 19.9. The number of hydrogen-bond acceptors (Lipinski definition) is 6. The molecule has 0 aromatic heterocycles. The van der Waals surface area contributed by atoms with Gasteiger partial charge in [-0.3, -0.25) is 9.52 Å². The first kappa shape index (κ1) is 25.8. The van der Waals surface area contributed by atoms with Crippen LogP contribution in [0.3, 0.4) is 0 Å². The Morgan fingerprint density at radius 3 is 2.03 bits per heavy atom. The van der Waals surface area contributed by atoms with Crippen LogP contribution in [-0.2, 0) is 26.2 Å². The molecule has 1 saturated heterocycles. The van der Waals surface area contributed by atoms with Gasteiger partial charge in [0.2, 0.25) is 20.0 Å². The molecule has 2 aromatic carbocycles. The van der Waals surface area contributed by atoms with Crippen LogP contribution in [0.5, 0.6) is 0 Å². The summed E-state index contributed by atoms with van der Waals surface area (Å²) in [6.45, 7) is 1.16. The first-order valence-corrected chi connectivity index (χ1v) is 13.3. The minimum Gasteiger partial charge on any atom is -0.368 e. The van der Waals surface area contributed by atoms with Gasteiger partial charge in [-0.25, -0.2) is 21.6 Å². The molecule has 2 aromatic rings. The molecule has 1 amide bonds. The van der Waals surface area contributed by atoms with Gasteiger partial charge in [-0.15, -0.1) is 0 Å². The van der Waals surface area contributed by atoms with Gasteiger partial charge in [0.1, 0.15) is 0 Å². The molecule has 1 fully saturated rings. The van der Waals surface area contributed by atoms with Crippen LogP contribution in [-0.4, -0.2) is 67.1 Å². The Morgan fingerprint density at radius 2 is 1.53 bits per heavy atom. The fourth-order valence-electron chi connectivity index (χ4n) is 3.49. The van der Waals surface area contributed by atoms with E-state index in [9.17, 15) is 34.8 Å². The van der Waals surface area contributed by atoms with Gasteiger partial charge in [0.25, 0.3) is 5.91 Å². The zero-order chi connectivity index (χ0) is 25.3. The molecule has 34 heavy (non-hydrogen) atoms. The topological polar surface area (TPSA) is 116 Å². The lowest BCUT2D eigenvalue weighted by Gasteiger charge is -2.36. The maximum absolute atomic E-state index is 13.3. The lowest BCUT2D eigenvalue weighted by Crippen LogP contribution is -2.48. The SMILES string of the molecule is CNS(=O)(=O)c1ccc(N2CCN(C(=O)c3cc(NS(C)(=O)=O)cc(C(F)(F)F)c3)CC2)cc1. The number of alkyl halides is 3. The van der Waals surface area contributed by atoms with Crippen molar-refractivity contribution in [2.45, 2.75) is 11.1 Å². The molecule has 0 aliphatic carbocycles. The molecule has 0 unspecified atom stereocenters. The number of anilines is 2. The number of hydrogen-bond donors (Lipinski definition) is 2. The summed E-state index contributed by atoms with van der Waals surface area (Å²) in [7, 11) is -6.11. The van der Waals surface area contributed by atoms with Gasteiger partial charge in [0, 0.05) is 43.1 Å². The number of nitrogens with one attached hydrogen (secondary N) is 2. The van der Waals surface area contributed by atoms with E-state index in [1.807, 2.05) is 9.62 Å². The van der Waals surface area contributed by atoms with Gasteiger partial charge in [0.05, 0.1) is 16.7 Å². The van der Waals surface area contributed by atoms with Crippen molar-refractivity contribution in [2.24, 2.45) is 0 Å². The van der Waals surface area contributed by atoms with Crippen molar-refractivity contribution in [3.63, 3.8) is 0 Å². The first-order valence-electron chi connectivity index (χ1n) is 9.97.